The lowest BCUT2D eigenvalue weighted by Crippen LogP contribution is -2.07. The fraction of sp³-hybridized carbons (Fsp3) is 0.200. The van der Waals surface area contributed by atoms with Crippen molar-refractivity contribution in [1.29, 1.82) is 0 Å². The van der Waals surface area contributed by atoms with E-state index in [0.29, 0.717) is 5.69 Å². The minimum atomic E-state index is 0.0139. The van der Waals surface area contributed by atoms with Gasteiger partial charge in [0.2, 0.25) is 5.78 Å². The molecule has 0 unspecified atom stereocenters. The van der Waals surface area contributed by atoms with Crippen LogP contribution in [0.3, 0.4) is 0 Å². The molecule has 0 aliphatic rings. The second kappa shape index (κ2) is 3.90. The van der Waals surface area contributed by atoms with E-state index < -0.39 is 0 Å². The van der Waals surface area contributed by atoms with E-state index in [4.69, 9.17) is 0 Å². The summed E-state index contributed by atoms with van der Waals surface area (Å²) in [5.41, 5.74) is 0.594. The van der Waals surface area contributed by atoms with Crippen LogP contribution in [0.4, 0.5) is 0 Å². The number of aromatic nitrogens is 2. The fourth-order valence-electron chi connectivity index (χ4n) is 1.34. The molecule has 0 saturated carbocycles. The van der Waals surface area contributed by atoms with E-state index >= 15 is 0 Å². The van der Waals surface area contributed by atoms with Crippen LogP contribution in [-0.2, 0) is 7.05 Å². The summed E-state index contributed by atoms with van der Waals surface area (Å²) in [4.78, 5) is 14.0. The lowest BCUT2D eigenvalue weighted by atomic mass is 10.2. The molecule has 2 heterocycles. The third kappa shape index (κ3) is 1.89. The standard InChI is InChI=1S/C10H9BrN2OS/c1-6-3-4-8(15-6)10(14)9-7(11)5-12-13(9)2/h3-5H,1-2H3. The van der Waals surface area contributed by atoms with Gasteiger partial charge in [-0.05, 0) is 35.0 Å². The summed E-state index contributed by atoms with van der Waals surface area (Å²) in [6, 6.07) is 3.80. The molecular weight excluding hydrogens is 276 g/mol. The van der Waals surface area contributed by atoms with Gasteiger partial charge in [0, 0.05) is 11.9 Å². The van der Waals surface area contributed by atoms with E-state index in [2.05, 4.69) is 21.0 Å². The number of nitrogens with zero attached hydrogens (tertiary/aromatic N) is 2. The summed E-state index contributed by atoms with van der Waals surface area (Å²) in [5, 5.41) is 4.02. The first kappa shape index (κ1) is 10.6. The topological polar surface area (TPSA) is 34.9 Å². The molecule has 0 amide bonds. The average Bonchev–Trinajstić information content (AvgIpc) is 2.73. The molecule has 0 radical (unpaired) electrons. The maximum absolute atomic E-state index is 12.1. The minimum absolute atomic E-state index is 0.0139. The Morgan fingerprint density at radius 2 is 2.27 bits per heavy atom. The van der Waals surface area contributed by atoms with E-state index in [1.54, 1.807) is 17.9 Å². The zero-order valence-corrected chi connectivity index (χ0v) is 10.7. The van der Waals surface area contributed by atoms with Gasteiger partial charge in [-0.25, -0.2) is 0 Å². The number of aryl methyl sites for hydroxylation is 2. The summed E-state index contributed by atoms with van der Waals surface area (Å²) in [5.74, 6) is 0.0139. The van der Waals surface area contributed by atoms with Crippen LogP contribution in [0.25, 0.3) is 0 Å². The van der Waals surface area contributed by atoms with Gasteiger partial charge in [0.05, 0.1) is 15.5 Å². The van der Waals surface area contributed by atoms with E-state index in [9.17, 15) is 4.79 Å². The summed E-state index contributed by atoms with van der Waals surface area (Å²) in [6.07, 6.45) is 1.63. The molecule has 0 aromatic carbocycles. The summed E-state index contributed by atoms with van der Waals surface area (Å²) < 4.78 is 2.32. The van der Waals surface area contributed by atoms with Crippen LogP contribution in [0, 0.1) is 6.92 Å². The Morgan fingerprint density at radius 3 is 2.73 bits per heavy atom. The van der Waals surface area contributed by atoms with Crippen molar-refractivity contribution in [3.63, 3.8) is 0 Å². The Morgan fingerprint density at radius 1 is 1.53 bits per heavy atom. The SMILES string of the molecule is Cc1ccc(C(=O)c2c(Br)cnn2C)s1. The van der Waals surface area contributed by atoms with Crippen LogP contribution in [0.2, 0.25) is 0 Å². The van der Waals surface area contributed by atoms with Gasteiger partial charge in [0.15, 0.2) is 0 Å². The van der Waals surface area contributed by atoms with Crippen molar-refractivity contribution in [2.45, 2.75) is 6.92 Å². The molecule has 0 N–H and O–H groups in total. The highest BCUT2D eigenvalue weighted by atomic mass is 79.9. The zero-order valence-electron chi connectivity index (χ0n) is 8.32. The van der Waals surface area contributed by atoms with Crippen molar-refractivity contribution < 1.29 is 4.79 Å². The van der Waals surface area contributed by atoms with E-state index in [1.165, 1.54) is 11.3 Å². The molecule has 0 aliphatic heterocycles. The Bertz CT molecular complexity index is 496. The Labute approximate surface area is 99.9 Å². The highest BCUT2D eigenvalue weighted by molar-refractivity contribution is 9.10. The molecule has 5 heteroatoms. The van der Waals surface area contributed by atoms with Crippen molar-refractivity contribution in [2.24, 2.45) is 7.05 Å². The normalized spacial score (nSPS) is 10.6. The molecule has 2 aromatic heterocycles. The number of rotatable bonds is 2. The molecular formula is C10H9BrN2OS. The maximum atomic E-state index is 12.1. The van der Waals surface area contributed by atoms with Crippen molar-refractivity contribution in [2.75, 3.05) is 0 Å². The molecule has 78 valence electrons. The van der Waals surface area contributed by atoms with Crippen molar-refractivity contribution in [3.8, 4) is 0 Å². The second-order valence-corrected chi connectivity index (χ2v) is 5.35. The van der Waals surface area contributed by atoms with E-state index in [0.717, 1.165) is 14.2 Å². The van der Waals surface area contributed by atoms with Gasteiger partial charge >= 0.3 is 0 Å². The van der Waals surface area contributed by atoms with Gasteiger partial charge in [-0.15, -0.1) is 11.3 Å². The highest BCUT2D eigenvalue weighted by Gasteiger charge is 2.18. The molecule has 3 nitrogen and oxygen atoms in total. The molecule has 0 spiro atoms. The Kier molecular flexibility index (Phi) is 2.75. The number of hydrogen-bond acceptors (Lipinski definition) is 3. The zero-order chi connectivity index (χ0) is 11.0. The average molecular weight is 285 g/mol. The van der Waals surface area contributed by atoms with Gasteiger partial charge in [-0.3, -0.25) is 9.48 Å². The molecule has 2 rings (SSSR count). The smallest absolute Gasteiger partial charge is 0.222 e. The summed E-state index contributed by atoms with van der Waals surface area (Å²) in [7, 11) is 1.76. The first-order valence-corrected chi connectivity index (χ1v) is 5.99. The molecule has 0 bridgehead atoms. The minimum Gasteiger partial charge on any atom is -0.286 e. The van der Waals surface area contributed by atoms with Crippen molar-refractivity contribution in [3.05, 3.63) is 38.3 Å². The molecule has 15 heavy (non-hydrogen) atoms. The number of hydrogen-bond donors (Lipinski definition) is 0. The Balaban J connectivity index is 2.45. The molecule has 0 saturated heterocycles. The predicted molar refractivity (Wildman–Crippen MR) is 63.4 cm³/mol. The number of carbonyl (C=O) groups is 1. The van der Waals surface area contributed by atoms with Gasteiger partial charge in [-0.1, -0.05) is 0 Å². The number of thiophene rings is 1. The van der Waals surface area contributed by atoms with Crippen LogP contribution in [-0.4, -0.2) is 15.6 Å². The van der Waals surface area contributed by atoms with Gasteiger partial charge < -0.3 is 0 Å². The van der Waals surface area contributed by atoms with E-state index in [-0.39, 0.29) is 5.78 Å². The quantitative estimate of drug-likeness (QED) is 0.795. The van der Waals surface area contributed by atoms with Crippen LogP contribution in [0.15, 0.2) is 22.8 Å². The van der Waals surface area contributed by atoms with Crippen LogP contribution >= 0.6 is 27.3 Å². The highest BCUT2D eigenvalue weighted by Crippen LogP contribution is 2.23. The number of ketones is 1. The Hall–Kier alpha value is -0.940. The second-order valence-electron chi connectivity index (χ2n) is 3.20. The van der Waals surface area contributed by atoms with Gasteiger partial charge in [-0.2, -0.15) is 5.10 Å². The largest absolute Gasteiger partial charge is 0.286 e. The van der Waals surface area contributed by atoms with Gasteiger partial charge in [0.1, 0.15) is 5.69 Å². The number of carbonyl (C=O) groups excluding carboxylic acids is 1. The molecule has 0 aliphatic carbocycles. The molecule has 0 fully saturated rings. The third-order valence-electron chi connectivity index (χ3n) is 2.07. The molecule has 0 atom stereocenters. The number of halogens is 1. The lowest BCUT2D eigenvalue weighted by molar-refractivity contribution is 0.103. The fourth-order valence-corrected chi connectivity index (χ4v) is 2.68. The first-order valence-electron chi connectivity index (χ1n) is 4.38. The van der Waals surface area contributed by atoms with Gasteiger partial charge in [0.25, 0.3) is 0 Å². The monoisotopic (exact) mass is 284 g/mol. The summed E-state index contributed by atoms with van der Waals surface area (Å²) in [6.45, 7) is 1.99. The van der Waals surface area contributed by atoms with E-state index in [1.807, 2.05) is 19.1 Å². The lowest BCUT2D eigenvalue weighted by Gasteiger charge is -1.99. The predicted octanol–water partition coefficient (Wildman–Crippen LogP) is 2.78. The third-order valence-corrected chi connectivity index (χ3v) is 3.65. The maximum Gasteiger partial charge on any atom is 0.222 e. The first-order chi connectivity index (χ1) is 7.09. The van der Waals surface area contributed by atoms with Crippen molar-refractivity contribution in [1.82, 2.24) is 9.78 Å². The molecule has 2 aromatic rings. The van der Waals surface area contributed by atoms with Crippen LogP contribution in [0.5, 0.6) is 0 Å². The summed E-state index contributed by atoms with van der Waals surface area (Å²) >= 11 is 4.82. The van der Waals surface area contributed by atoms with Crippen LogP contribution in [0.1, 0.15) is 20.2 Å². The van der Waals surface area contributed by atoms with Crippen LogP contribution < -0.4 is 0 Å². The van der Waals surface area contributed by atoms with Crippen molar-refractivity contribution >= 4 is 33.0 Å².